The second-order valence-corrected chi connectivity index (χ2v) is 20.3. The fourth-order valence-corrected chi connectivity index (χ4v) is 13.3. The minimum Gasteiger partial charge on any atom is -0.481 e. The number of carboxylic acid groups (broad SMARTS) is 2. The van der Waals surface area contributed by atoms with E-state index in [1.165, 1.54) is 5.57 Å². The Kier molecular flexibility index (Phi) is 9.82. The van der Waals surface area contributed by atoms with Gasteiger partial charge in [-0.2, -0.15) is 0 Å². The molecule has 10 atom stereocenters. The van der Waals surface area contributed by atoms with Crippen LogP contribution in [0.2, 0.25) is 0 Å². The van der Waals surface area contributed by atoms with Gasteiger partial charge in [0.05, 0.1) is 30.3 Å². The summed E-state index contributed by atoms with van der Waals surface area (Å²) in [4.78, 5) is 49.5. The van der Waals surface area contributed by atoms with Gasteiger partial charge in [0.1, 0.15) is 6.10 Å². The summed E-state index contributed by atoms with van der Waals surface area (Å²) in [7, 11) is 0. The third-order valence-corrected chi connectivity index (χ3v) is 16.2. The quantitative estimate of drug-likeness (QED) is 0.171. The maximum Gasteiger partial charge on any atom is 0.312 e. The van der Waals surface area contributed by atoms with Gasteiger partial charge in [-0.05, 0) is 145 Å². The Morgan fingerprint density at radius 2 is 1.32 bits per heavy atom. The van der Waals surface area contributed by atoms with E-state index < -0.39 is 34.7 Å². The lowest BCUT2D eigenvalue weighted by molar-refractivity contribution is -0.253. The second kappa shape index (κ2) is 12.6. The Bertz CT molecular complexity index is 1410. The molecule has 8 heteroatoms. The topological polar surface area (TPSA) is 127 Å². The molecule has 8 nitrogen and oxygen atoms in total. The van der Waals surface area contributed by atoms with Crippen LogP contribution in [0.15, 0.2) is 12.2 Å². The van der Waals surface area contributed by atoms with E-state index in [4.69, 9.17) is 9.47 Å². The standard InChI is InChI=1S/C42H66O8/c1-25(2)26-14-19-42(24-49-34(47)36(3,4)22-31(43)44)21-20-40(10)27(33(26)42)12-13-29-39(9)17-16-30(50-35(48)37(5,6)23-32(45)46)38(7,8)28(39)15-18-41(29,40)11/h26-30,33H,1,12-24H2,2-11H3,(H,43,44)(H,45,46)/t26-,27+,28-,29+,30-,33+,39-,40+,41+,42+/m0/s1. The number of esters is 2. The van der Waals surface area contributed by atoms with Gasteiger partial charge < -0.3 is 19.7 Å². The molecule has 282 valence electrons. The van der Waals surface area contributed by atoms with Gasteiger partial charge >= 0.3 is 23.9 Å². The maximum atomic E-state index is 13.3. The van der Waals surface area contributed by atoms with E-state index in [1.54, 1.807) is 27.7 Å². The van der Waals surface area contributed by atoms with E-state index in [1.807, 2.05) is 0 Å². The predicted molar refractivity (Wildman–Crippen MR) is 192 cm³/mol. The highest BCUT2D eigenvalue weighted by molar-refractivity contribution is 5.82. The summed E-state index contributed by atoms with van der Waals surface area (Å²) in [5.74, 6) is -0.678. The highest BCUT2D eigenvalue weighted by Crippen LogP contribution is 2.77. The van der Waals surface area contributed by atoms with E-state index in [9.17, 15) is 29.4 Å². The zero-order valence-electron chi connectivity index (χ0n) is 32.7. The van der Waals surface area contributed by atoms with Crippen molar-refractivity contribution in [1.82, 2.24) is 0 Å². The molecule has 0 bridgehead atoms. The van der Waals surface area contributed by atoms with Gasteiger partial charge in [-0.3, -0.25) is 19.2 Å². The molecule has 0 unspecified atom stereocenters. The zero-order chi connectivity index (χ0) is 37.5. The van der Waals surface area contributed by atoms with Gasteiger partial charge in [0.25, 0.3) is 0 Å². The number of ether oxygens (including phenoxy) is 2. The molecule has 5 saturated carbocycles. The van der Waals surface area contributed by atoms with Crippen LogP contribution in [0.25, 0.3) is 0 Å². The van der Waals surface area contributed by atoms with E-state index in [0.717, 1.165) is 64.2 Å². The van der Waals surface area contributed by atoms with Crippen LogP contribution in [0.3, 0.4) is 0 Å². The summed E-state index contributed by atoms with van der Waals surface area (Å²) in [5.41, 5.74) is -0.965. The lowest BCUT2D eigenvalue weighted by Crippen LogP contribution is -2.67. The van der Waals surface area contributed by atoms with Crippen molar-refractivity contribution in [2.45, 2.75) is 152 Å². The molecule has 2 N–H and O–H groups in total. The SMILES string of the molecule is C=C(C)[C@@H]1CC[C@]2(COC(=O)C(C)(C)CC(=O)O)CC[C@]3(C)[C@H](CC[C@@H]4[C@@]5(C)CC[C@H](OC(=O)C(C)(C)CC(=O)O)C(C)(C)[C@@H]5CC[C@]43C)[C@@H]12. The van der Waals surface area contributed by atoms with Crippen molar-refractivity contribution in [3.05, 3.63) is 12.2 Å². The van der Waals surface area contributed by atoms with E-state index in [2.05, 4.69) is 48.1 Å². The number of hydrogen-bond donors (Lipinski definition) is 2. The van der Waals surface area contributed by atoms with Gasteiger partial charge in [0.15, 0.2) is 0 Å². The van der Waals surface area contributed by atoms with Gasteiger partial charge in [0.2, 0.25) is 0 Å². The summed E-state index contributed by atoms with van der Waals surface area (Å²) in [6.45, 7) is 25.9. The second-order valence-electron chi connectivity index (χ2n) is 20.3. The van der Waals surface area contributed by atoms with Crippen LogP contribution in [0.5, 0.6) is 0 Å². The molecule has 0 radical (unpaired) electrons. The first kappa shape index (κ1) is 38.8. The lowest BCUT2D eigenvalue weighted by Gasteiger charge is -2.73. The normalized spacial score (nSPS) is 40.7. The molecule has 0 amide bonds. The summed E-state index contributed by atoms with van der Waals surface area (Å²) >= 11 is 0. The number of carbonyl (C=O) groups excluding carboxylic acids is 2. The van der Waals surface area contributed by atoms with Crippen LogP contribution in [0, 0.1) is 67.5 Å². The number of hydrogen-bond acceptors (Lipinski definition) is 6. The lowest BCUT2D eigenvalue weighted by atomic mass is 9.32. The van der Waals surface area contributed by atoms with Gasteiger partial charge in [-0.1, -0.05) is 46.8 Å². The van der Waals surface area contributed by atoms with Crippen molar-refractivity contribution in [2.75, 3.05) is 6.61 Å². The average molecular weight is 699 g/mol. The molecular weight excluding hydrogens is 632 g/mol. The number of rotatable bonds is 10. The molecule has 0 heterocycles. The molecule has 5 aliphatic rings. The van der Waals surface area contributed by atoms with Crippen molar-refractivity contribution in [3.63, 3.8) is 0 Å². The third-order valence-electron chi connectivity index (χ3n) is 16.2. The van der Waals surface area contributed by atoms with E-state index in [-0.39, 0.29) is 46.0 Å². The van der Waals surface area contributed by atoms with Crippen molar-refractivity contribution >= 4 is 23.9 Å². The number of fused-ring (bicyclic) bond motifs is 7. The first-order chi connectivity index (χ1) is 22.9. The highest BCUT2D eigenvalue weighted by Gasteiger charge is 2.71. The summed E-state index contributed by atoms with van der Waals surface area (Å²) in [5, 5.41) is 18.8. The Morgan fingerprint density at radius 3 is 1.90 bits per heavy atom. The zero-order valence-corrected chi connectivity index (χ0v) is 32.7. The van der Waals surface area contributed by atoms with Crippen LogP contribution >= 0.6 is 0 Å². The van der Waals surface area contributed by atoms with Gasteiger partial charge in [0, 0.05) is 10.8 Å². The first-order valence-electron chi connectivity index (χ1n) is 19.4. The molecule has 0 aliphatic heterocycles. The Labute approximate surface area is 300 Å². The smallest absolute Gasteiger partial charge is 0.312 e. The predicted octanol–water partition coefficient (Wildman–Crippen LogP) is 9.10. The minimum atomic E-state index is -1.08. The van der Waals surface area contributed by atoms with Crippen LogP contribution in [-0.4, -0.2) is 46.8 Å². The highest BCUT2D eigenvalue weighted by atomic mass is 16.5. The van der Waals surface area contributed by atoms with Crippen LogP contribution in [-0.2, 0) is 28.7 Å². The van der Waals surface area contributed by atoms with E-state index in [0.29, 0.717) is 36.2 Å². The van der Waals surface area contributed by atoms with Gasteiger partial charge in [-0.25, -0.2) is 0 Å². The van der Waals surface area contributed by atoms with Crippen LogP contribution in [0.1, 0.15) is 146 Å². The summed E-state index contributed by atoms with van der Waals surface area (Å²) in [6, 6.07) is 0. The molecule has 5 aliphatic carbocycles. The van der Waals surface area contributed by atoms with Crippen molar-refractivity contribution in [3.8, 4) is 0 Å². The molecule has 0 spiro atoms. The molecule has 0 aromatic rings. The fourth-order valence-electron chi connectivity index (χ4n) is 13.3. The minimum absolute atomic E-state index is 0.0905. The molecule has 5 fully saturated rings. The number of allylic oxidation sites excluding steroid dienone is 1. The Hall–Kier alpha value is -2.38. The van der Waals surface area contributed by atoms with Gasteiger partial charge in [-0.15, -0.1) is 0 Å². The van der Waals surface area contributed by atoms with Crippen molar-refractivity contribution in [1.29, 1.82) is 0 Å². The van der Waals surface area contributed by atoms with E-state index >= 15 is 0 Å². The molecule has 50 heavy (non-hydrogen) atoms. The number of aliphatic carboxylic acids is 2. The Morgan fingerprint density at radius 1 is 0.720 bits per heavy atom. The molecular formula is C42H66O8. The largest absolute Gasteiger partial charge is 0.481 e. The molecule has 0 aromatic heterocycles. The molecule has 5 rings (SSSR count). The molecule has 0 aromatic carbocycles. The number of carbonyl (C=O) groups is 4. The molecule has 0 saturated heterocycles. The third kappa shape index (κ3) is 6.04. The number of carboxylic acids is 2. The van der Waals surface area contributed by atoms with Crippen molar-refractivity contribution < 1.29 is 38.9 Å². The monoisotopic (exact) mass is 698 g/mol. The maximum absolute atomic E-state index is 13.3. The van der Waals surface area contributed by atoms with Crippen LogP contribution in [0.4, 0.5) is 0 Å². The fraction of sp³-hybridized carbons (Fsp3) is 0.857. The average Bonchev–Trinajstić information content (AvgIpc) is 3.36. The Balaban J connectivity index is 1.40. The van der Waals surface area contributed by atoms with Crippen molar-refractivity contribution in [2.24, 2.45) is 67.5 Å². The summed E-state index contributed by atoms with van der Waals surface area (Å²) < 4.78 is 12.3. The first-order valence-corrected chi connectivity index (χ1v) is 19.4. The van der Waals surface area contributed by atoms with Crippen LogP contribution < -0.4 is 0 Å². The summed E-state index contributed by atoms with van der Waals surface area (Å²) in [6.07, 6.45) is 9.65.